The van der Waals surface area contributed by atoms with Crippen LogP contribution < -0.4 is 5.32 Å². The van der Waals surface area contributed by atoms with Gasteiger partial charge in [0.15, 0.2) is 0 Å². The van der Waals surface area contributed by atoms with Gasteiger partial charge in [0, 0.05) is 11.1 Å². The van der Waals surface area contributed by atoms with E-state index in [-0.39, 0.29) is 11.9 Å². The Morgan fingerprint density at radius 3 is 2.47 bits per heavy atom. The van der Waals surface area contributed by atoms with Crippen molar-refractivity contribution in [3.05, 3.63) is 70.0 Å². The molecule has 0 aliphatic carbocycles. The van der Waals surface area contributed by atoms with Crippen molar-refractivity contribution in [2.75, 3.05) is 7.05 Å². The van der Waals surface area contributed by atoms with E-state index in [4.69, 9.17) is 11.6 Å². The smallest absolute Gasteiger partial charge is 0.123 e. The van der Waals surface area contributed by atoms with Crippen LogP contribution in [0.1, 0.15) is 22.7 Å². The molecular formula is C16H17ClFN. The van der Waals surface area contributed by atoms with E-state index in [1.807, 2.05) is 7.05 Å². The Balaban J connectivity index is 2.23. The zero-order valence-electron chi connectivity index (χ0n) is 11.1. The molecule has 2 aromatic rings. The maximum atomic E-state index is 13.3. The highest BCUT2D eigenvalue weighted by Crippen LogP contribution is 2.24. The second kappa shape index (κ2) is 6.18. The number of rotatable bonds is 4. The lowest BCUT2D eigenvalue weighted by molar-refractivity contribution is 0.584. The lowest BCUT2D eigenvalue weighted by atomic mass is 9.98. The fraction of sp³-hybridized carbons (Fsp3) is 0.250. The summed E-state index contributed by atoms with van der Waals surface area (Å²) in [5.74, 6) is -0.252. The number of aryl methyl sites for hydroxylation is 1. The molecule has 3 heteroatoms. The van der Waals surface area contributed by atoms with Gasteiger partial charge in [0.25, 0.3) is 0 Å². The van der Waals surface area contributed by atoms with Crippen LogP contribution in [0.15, 0.2) is 42.5 Å². The molecule has 0 fully saturated rings. The van der Waals surface area contributed by atoms with Crippen molar-refractivity contribution in [2.45, 2.75) is 19.4 Å². The summed E-state index contributed by atoms with van der Waals surface area (Å²) in [6, 6.07) is 12.9. The van der Waals surface area contributed by atoms with Crippen LogP contribution in [0.3, 0.4) is 0 Å². The summed E-state index contributed by atoms with van der Waals surface area (Å²) < 4.78 is 13.3. The second-order valence-corrected chi connectivity index (χ2v) is 5.10. The van der Waals surface area contributed by atoms with Crippen LogP contribution in [0, 0.1) is 12.7 Å². The van der Waals surface area contributed by atoms with Gasteiger partial charge in [0.05, 0.1) is 0 Å². The largest absolute Gasteiger partial charge is 0.313 e. The van der Waals surface area contributed by atoms with E-state index in [1.165, 1.54) is 23.3 Å². The van der Waals surface area contributed by atoms with Crippen molar-refractivity contribution in [1.82, 2.24) is 5.32 Å². The predicted octanol–water partition coefficient (Wildman–Crippen LogP) is 4.29. The minimum Gasteiger partial charge on any atom is -0.313 e. The number of halogens is 2. The van der Waals surface area contributed by atoms with E-state index >= 15 is 0 Å². The van der Waals surface area contributed by atoms with Gasteiger partial charge in [0.2, 0.25) is 0 Å². The zero-order valence-corrected chi connectivity index (χ0v) is 11.8. The first-order valence-corrected chi connectivity index (χ1v) is 6.65. The highest BCUT2D eigenvalue weighted by molar-refractivity contribution is 6.31. The van der Waals surface area contributed by atoms with Crippen LogP contribution in [0.5, 0.6) is 0 Å². The van der Waals surface area contributed by atoms with E-state index in [9.17, 15) is 4.39 Å². The van der Waals surface area contributed by atoms with Crippen molar-refractivity contribution in [3.8, 4) is 0 Å². The van der Waals surface area contributed by atoms with Gasteiger partial charge in [-0.1, -0.05) is 41.4 Å². The lowest BCUT2D eigenvalue weighted by Gasteiger charge is -2.18. The van der Waals surface area contributed by atoms with E-state index < -0.39 is 0 Å². The standard InChI is InChI=1S/C16H17ClFN/c1-11-3-5-12(6-4-11)16(19-2)10-13-9-14(18)7-8-15(13)17/h3-9,16,19H,10H2,1-2H3. The summed E-state index contributed by atoms with van der Waals surface area (Å²) in [6.07, 6.45) is 0.663. The number of hydrogen-bond donors (Lipinski definition) is 1. The summed E-state index contributed by atoms with van der Waals surface area (Å²) in [4.78, 5) is 0. The second-order valence-electron chi connectivity index (χ2n) is 4.69. The molecule has 2 aromatic carbocycles. The van der Waals surface area contributed by atoms with E-state index in [1.54, 1.807) is 6.07 Å². The van der Waals surface area contributed by atoms with Crippen molar-refractivity contribution in [1.29, 1.82) is 0 Å². The summed E-state index contributed by atoms with van der Waals surface area (Å²) in [6.45, 7) is 2.06. The Morgan fingerprint density at radius 1 is 1.16 bits per heavy atom. The molecule has 0 saturated carbocycles. The molecule has 0 bridgehead atoms. The molecule has 0 radical (unpaired) electrons. The van der Waals surface area contributed by atoms with Crippen molar-refractivity contribution in [3.63, 3.8) is 0 Å². The van der Waals surface area contributed by atoms with Gasteiger partial charge in [-0.2, -0.15) is 0 Å². The number of hydrogen-bond acceptors (Lipinski definition) is 1. The molecule has 0 aliphatic heterocycles. The fourth-order valence-electron chi connectivity index (χ4n) is 2.10. The van der Waals surface area contributed by atoms with Gasteiger partial charge < -0.3 is 5.32 Å². The molecule has 0 aromatic heterocycles. The molecule has 1 N–H and O–H groups in total. The van der Waals surface area contributed by atoms with Crippen molar-refractivity contribution >= 4 is 11.6 Å². The number of likely N-dealkylation sites (N-methyl/N-ethyl adjacent to an activating group) is 1. The number of nitrogens with one attached hydrogen (secondary N) is 1. The molecule has 1 atom stereocenters. The minimum atomic E-state index is -0.252. The predicted molar refractivity (Wildman–Crippen MR) is 78.1 cm³/mol. The Bertz CT molecular complexity index is 551. The molecule has 0 saturated heterocycles. The highest BCUT2D eigenvalue weighted by Gasteiger charge is 2.12. The molecule has 0 amide bonds. The lowest BCUT2D eigenvalue weighted by Crippen LogP contribution is -2.19. The van der Waals surface area contributed by atoms with Crippen molar-refractivity contribution < 1.29 is 4.39 Å². The van der Waals surface area contributed by atoms with Crippen LogP contribution in [0.2, 0.25) is 5.02 Å². The van der Waals surface area contributed by atoms with E-state index in [0.717, 1.165) is 5.56 Å². The first-order chi connectivity index (χ1) is 9.10. The zero-order chi connectivity index (χ0) is 13.8. The van der Waals surface area contributed by atoms with E-state index in [2.05, 4.69) is 36.5 Å². The van der Waals surface area contributed by atoms with E-state index in [0.29, 0.717) is 11.4 Å². The maximum absolute atomic E-state index is 13.3. The third-order valence-electron chi connectivity index (χ3n) is 3.26. The van der Waals surface area contributed by atoms with Crippen LogP contribution in [-0.2, 0) is 6.42 Å². The van der Waals surface area contributed by atoms with Crippen LogP contribution in [0.25, 0.3) is 0 Å². The molecule has 1 unspecified atom stereocenters. The van der Waals surface area contributed by atoms with Gasteiger partial charge in [-0.05, 0) is 49.7 Å². The number of benzene rings is 2. The SMILES string of the molecule is CNC(Cc1cc(F)ccc1Cl)c1ccc(C)cc1. The fourth-order valence-corrected chi connectivity index (χ4v) is 2.30. The first-order valence-electron chi connectivity index (χ1n) is 6.28. The first kappa shape index (κ1) is 14.0. The molecule has 0 heterocycles. The normalized spacial score (nSPS) is 12.4. The Labute approximate surface area is 118 Å². The van der Waals surface area contributed by atoms with Gasteiger partial charge in [-0.3, -0.25) is 0 Å². The molecule has 1 nitrogen and oxygen atoms in total. The van der Waals surface area contributed by atoms with Gasteiger partial charge in [0.1, 0.15) is 5.82 Å². The molecule has 0 spiro atoms. The van der Waals surface area contributed by atoms with Crippen LogP contribution in [0.4, 0.5) is 4.39 Å². The van der Waals surface area contributed by atoms with Gasteiger partial charge in [-0.15, -0.1) is 0 Å². The average Bonchev–Trinajstić information content (AvgIpc) is 2.41. The Hall–Kier alpha value is -1.38. The maximum Gasteiger partial charge on any atom is 0.123 e. The highest BCUT2D eigenvalue weighted by atomic mass is 35.5. The summed E-state index contributed by atoms with van der Waals surface area (Å²) in [5.41, 5.74) is 3.22. The molecule has 100 valence electrons. The summed E-state index contributed by atoms with van der Waals surface area (Å²) >= 11 is 6.12. The molecular weight excluding hydrogens is 261 g/mol. The molecule has 19 heavy (non-hydrogen) atoms. The van der Waals surface area contributed by atoms with Crippen LogP contribution in [-0.4, -0.2) is 7.05 Å². The third kappa shape index (κ3) is 3.55. The molecule has 0 aliphatic rings. The topological polar surface area (TPSA) is 12.0 Å². The molecule has 2 rings (SSSR count). The monoisotopic (exact) mass is 277 g/mol. The summed E-state index contributed by atoms with van der Waals surface area (Å²) in [5, 5.41) is 3.86. The quantitative estimate of drug-likeness (QED) is 0.879. The van der Waals surface area contributed by atoms with Crippen LogP contribution >= 0.6 is 11.6 Å². The average molecular weight is 278 g/mol. The third-order valence-corrected chi connectivity index (χ3v) is 3.63. The minimum absolute atomic E-state index is 0.125. The van der Waals surface area contributed by atoms with Gasteiger partial charge in [-0.25, -0.2) is 4.39 Å². The Kier molecular flexibility index (Phi) is 4.56. The Morgan fingerprint density at radius 2 is 1.84 bits per heavy atom. The van der Waals surface area contributed by atoms with Crippen molar-refractivity contribution in [2.24, 2.45) is 0 Å². The van der Waals surface area contributed by atoms with Gasteiger partial charge >= 0.3 is 0 Å². The summed E-state index contributed by atoms with van der Waals surface area (Å²) in [7, 11) is 1.90.